The highest BCUT2D eigenvalue weighted by atomic mass is 16.3. The third kappa shape index (κ3) is 2.81. The molecule has 0 unspecified atom stereocenters. The second kappa shape index (κ2) is 5.12. The van der Waals surface area contributed by atoms with E-state index in [0.717, 1.165) is 5.76 Å². The first-order valence-electron chi connectivity index (χ1n) is 5.18. The first kappa shape index (κ1) is 11.1. The van der Waals surface area contributed by atoms with Crippen LogP contribution in [0.15, 0.2) is 53.3 Å². The molecule has 0 bridgehead atoms. The number of aromatic nitrogens is 2. The number of carbonyl (C=O) groups excluding carboxylic acids is 1. The van der Waals surface area contributed by atoms with Crippen molar-refractivity contribution >= 4 is 11.9 Å². The maximum absolute atomic E-state index is 11.7. The zero-order valence-electron chi connectivity index (χ0n) is 9.41. The zero-order chi connectivity index (χ0) is 12.1. The van der Waals surface area contributed by atoms with Gasteiger partial charge in [0.2, 0.25) is 5.78 Å². The summed E-state index contributed by atoms with van der Waals surface area (Å²) in [5.74, 6) is 0.678. The van der Waals surface area contributed by atoms with Gasteiger partial charge in [0.05, 0.1) is 6.26 Å². The molecule has 0 aromatic carbocycles. The Kier molecular flexibility index (Phi) is 3.35. The Morgan fingerprint density at radius 3 is 2.94 bits per heavy atom. The van der Waals surface area contributed by atoms with E-state index in [-0.39, 0.29) is 5.78 Å². The van der Waals surface area contributed by atoms with Crippen molar-refractivity contribution in [2.75, 3.05) is 0 Å². The Labute approximate surface area is 98.9 Å². The molecule has 2 aromatic heterocycles. The quantitative estimate of drug-likeness (QED) is 0.459. The van der Waals surface area contributed by atoms with Crippen molar-refractivity contribution < 1.29 is 9.21 Å². The summed E-state index contributed by atoms with van der Waals surface area (Å²) >= 11 is 0. The predicted molar refractivity (Wildman–Crippen MR) is 64.4 cm³/mol. The molecule has 0 saturated heterocycles. The summed E-state index contributed by atoms with van der Waals surface area (Å²) < 4.78 is 6.66. The predicted octanol–water partition coefficient (Wildman–Crippen LogP) is 2.47. The molecular weight excluding hydrogens is 216 g/mol. The molecule has 0 atom stereocenters. The minimum Gasteiger partial charge on any atom is -0.465 e. The summed E-state index contributed by atoms with van der Waals surface area (Å²) in [6.45, 7) is 0. The lowest BCUT2D eigenvalue weighted by molar-refractivity contribution is 0.103. The van der Waals surface area contributed by atoms with Crippen LogP contribution in [-0.2, 0) is 7.05 Å². The van der Waals surface area contributed by atoms with Gasteiger partial charge >= 0.3 is 0 Å². The molecule has 2 aromatic rings. The lowest BCUT2D eigenvalue weighted by atomic mass is 10.2. The Morgan fingerprint density at radius 2 is 2.29 bits per heavy atom. The minimum atomic E-state index is -0.0749. The van der Waals surface area contributed by atoms with E-state index in [1.807, 2.05) is 12.1 Å². The van der Waals surface area contributed by atoms with E-state index in [1.165, 1.54) is 6.08 Å². The summed E-state index contributed by atoms with van der Waals surface area (Å²) in [4.78, 5) is 11.7. The molecule has 17 heavy (non-hydrogen) atoms. The van der Waals surface area contributed by atoms with E-state index >= 15 is 0 Å². The first-order valence-corrected chi connectivity index (χ1v) is 5.18. The number of nitrogens with zero attached hydrogens (tertiary/aromatic N) is 2. The largest absolute Gasteiger partial charge is 0.465 e. The zero-order valence-corrected chi connectivity index (χ0v) is 9.41. The monoisotopic (exact) mass is 228 g/mol. The van der Waals surface area contributed by atoms with Gasteiger partial charge in [-0.05, 0) is 30.4 Å². The maximum Gasteiger partial charge on any atom is 0.203 e. The molecule has 0 amide bonds. The van der Waals surface area contributed by atoms with Crippen LogP contribution in [0.3, 0.4) is 0 Å². The molecule has 0 aliphatic rings. The molecule has 4 nitrogen and oxygen atoms in total. The van der Waals surface area contributed by atoms with Gasteiger partial charge in [-0.15, -0.1) is 0 Å². The smallest absolute Gasteiger partial charge is 0.203 e. The average Bonchev–Trinajstić information content (AvgIpc) is 2.95. The van der Waals surface area contributed by atoms with Gasteiger partial charge in [-0.3, -0.25) is 9.48 Å². The Bertz CT molecular complexity index is 548. The highest BCUT2D eigenvalue weighted by Crippen LogP contribution is 2.03. The molecule has 0 aliphatic carbocycles. The number of aryl methyl sites for hydroxylation is 1. The molecule has 0 spiro atoms. The number of rotatable bonds is 4. The van der Waals surface area contributed by atoms with Gasteiger partial charge in [-0.2, -0.15) is 5.10 Å². The normalized spacial score (nSPS) is 11.6. The van der Waals surface area contributed by atoms with Crippen LogP contribution in [0.1, 0.15) is 16.2 Å². The fourth-order valence-electron chi connectivity index (χ4n) is 1.38. The van der Waals surface area contributed by atoms with Crippen molar-refractivity contribution in [3.05, 3.63) is 60.3 Å². The van der Waals surface area contributed by atoms with E-state index in [4.69, 9.17) is 4.42 Å². The van der Waals surface area contributed by atoms with Crippen LogP contribution >= 0.6 is 0 Å². The van der Waals surface area contributed by atoms with Gasteiger partial charge in [-0.25, -0.2) is 0 Å². The van der Waals surface area contributed by atoms with E-state index in [9.17, 15) is 4.79 Å². The fraction of sp³-hybridized carbons (Fsp3) is 0.0769. The molecule has 2 rings (SSSR count). The van der Waals surface area contributed by atoms with Crippen LogP contribution in [0, 0.1) is 0 Å². The SMILES string of the molecule is Cn1nccc1C(=O)/C=C/C=C/c1ccco1. The summed E-state index contributed by atoms with van der Waals surface area (Å²) in [6.07, 6.45) is 9.92. The van der Waals surface area contributed by atoms with Crippen molar-refractivity contribution in [2.45, 2.75) is 0 Å². The van der Waals surface area contributed by atoms with Gasteiger partial charge in [0, 0.05) is 13.2 Å². The van der Waals surface area contributed by atoms with Gasteiger partial charge in [0.1, 0.15) is 11.5 Å². The van der Waals surface area contributed by atoms with E-state index in [1.54, 1.807) is 48.5 Å². The summed E-state index contributed by atoms with van der Waals surface area (Å²) in [7, 11) is 1.74. The fourth-order valence-corrected chi connectivity index (χ4v) is 1.38. The second-order valence-electron chi connectivity index (χ2n) is 3.44. The van der Waals surface area contributed by atoms with Crippen molar-refractivity contribution in [2.24, 2.45) is 7.05 Å². The lowest BCUT2D eigenvalue weighted by Gasteiger charge is -1.94. The number of hydrogen-bond acceptors (Lipinski definition) is 3. The third-order valence-electron chi connectivity index (χ3n) is 2.24. The van der Waals surface area contributed by atoms with Crippen LogP contribution < -0.4 is 0 Å². The number of allylic oxidation sites excluding steroid dienone is 3. The average molecular weight is 228 g/mol. The van der Waals surface area contributed by atoms with Crippen molar-refractivity contribution in [3.63, 3.8) is 0 Å². The third-order valence-corrected chi connectivity index (χ3v) is 2.24. The molecule has 4 heteroatoms. The maximum atomic E-state index is 11.7. The Morgan fingerprint density at radius 1 is 1.41 bits per heavy atom. The summed E-state index contributed by atoms with van der Waals surface area (Å²) in [6, 6.07) is 5.33. The van der Waals surface area contributed by atoms with Crippen LogP contribution in [0.4, 0.5) is 0 Å². The minimum absolute atomic E-state index is 0.0749. The first-order chi connectivity index (χ1) is 8.27. The molecular formula is C13H12N2O2. The highest BCUT2D eigenvalue weighted by molar-refractivity contribution is 6.03. The van der Waals surface area contributed by atoms with Crippen LogP contribution in [0.5, 0.6) is 0 Å². The van der Waals surface area contributed by atoms with Gasteiger partial charge < -0.3 is 4.42 Å². The summed E-state index contributed by atoms with van der Waals surface area (Å²) in [5, 5.41) is 3.94. The van der Waals surface area contributed by atoms with Crippen molar-refractivity contribution in [1.82, 2.24) is 9.78 Å². The number of ketones is 1. The molecule has 0 aliphatic heterocycles. The topological polar surface area (TPSA) is 48.0 Å². The Hall–Kier alpha value is -2.36. The number of carbonyl (C=O) groups is 1. The van der Waals surface area contributed by atoms with Crippen LogP contribution in [-0.4, -0.2) is 15.6 Å². The molecule has 0 saturated carbocycles. The molecule has 86 valence electrons. The van der Waals surface area contributed by atoms with Gasteiger partial charge in [0.15, 0.2) is 0 Å². The van der Waals surface area contributed by atoms with Crippen molar-refractivity contribution in [3.8, 4) is 0 Å². The number of hydrogen-bond donors (Lipinski definition) is 0. The van der Waals surface area contributed by atoms with E-state index in [0.29, 0.717) is 5.69 Å². The number of furan rings is 1. The molecule has 0 fully saturated rings. The van der Waals surface area contributed by atoms with E-state index in [2.05, 4.69) is 5.10 Å². The highest BCUT2D eigenvalue weighted by Gasteiger charge is 2.04. The van der Waals surface area contributed by atoms with Crippen LogP contribution in [0.2, 0.25) is 0 Å². The molecule has 0 radical (unpaired) electrons. The molecule has 2 heterocycles. The second-order valence-corrected chi connectivity index (χ2v) is 3.44. The van der Waals surface area contributed by atoms with Gasteiger partial charge in [0.25, 0.3) is 0 Å². The summed E-state index contributed by atoms with van der Waals surface area (Å²) in [5.41, 5.74) is 0.563. The van der Waals surface area contributed by atoms with Gasteiger partial charge in [-0.1, -0.05) is 12.2 Å². The lowest BCUT2D eigenvalue weighted by Crippen LogP contribution is -2.03. The Balaban J connectivity index is 1.98. The molecule has 0 N–H and O–H groups in total. The standard InChI is InChI=1S/C13H12N2O2/c1-15-12(8-9-14-15)13(16)7-3-2-5-11-6-4-10-17-11/h2-10H,1H3/b5-2+,7-3+. The van der Waals surface area contributed by atoms with Crippen molar-refractivity contribution in [1.29, 1.82) is 0 Å². The van der Waals surface area contributed by atoms with Crippen LogP contribution in [0.25, 0.3) is 6.08 Å². The van der Waals surface area contributed by atoms with E-state index < -0.39 is 0 Å².